The van der Waals surface area contributed by atoms with Crippen LogP contribution in [0.2, 0.25) is 0 Å². The van der Waals surface area contributed by atoms with Gasteiger partial charge in [0.25, 0.3) is 0 Å². The molecule has 2 N–H and O–H groups in total. The number of nitrogens with one attached hydrogen (secondary N) is 2. The normalized spacial score (nSPS) is 11.6. The number of furan rings is 1. The lowest BCUT2D eigenvalue weighted by molar-refractivity contribution is 0.247. The Bertz CT molecular complexity index is 843. The summed E-state index contributed by atoms with van der Waals surface area (Å²) in [4.78, 5) is 12.2. The number of hydrogen-bond donors (Lipinski definition) is 2. The summed E-state index contributed by atoms with van der Waals surface area (Å²) in [5, 5.41) is 5.65. The van der Waals surface area contributed by atoms with E-state index in [9.17, 15) is 4.79 Å². The Labute approximate surface area is 146 Å². The number of aryl methyl sites for hydroxylation is 1. The standard InChI is InChI=1S/C20H20N2O3/c1-14-11-12-19(24-14)15(2)21-20(23)22-16-7-6-10-18(13-16)25-17-8-4-3-5-9-17/h3-13,15H,1-2H3,(H2,21,22,23). The summed E-state index contributed by atoms with van der Waals surface area (Å²) in [5.41, 5.74) is 0.647. The van der Waals surface area contributed by atoms with E-state index in [4.69, 9.17) is 9.15 Å². The van der Waals surface area contributed by atoms with E-state index in [-0.39, 0.29) is 12.1 Å². The van der Waals surface area contributed by atoms with Crippen molar-refractivity contribution in [1.29, 1.82) is 0 Å². The molecule has 0 aliphatic carbocycles. The Hall–Kier alpha value is -3.21. The maximum atomic E-state index is 12.2. The second kappa shape index (κ2) is 7.57. The molecule has 128 valence electrons. The molecule has 3 rings (SSSR count). The highest BCUT2D eigenvalue weighted by atomic mass is 16.5. The third-order valence-electron chi connectivity index (χ3n) is 3.61. The first-order chi connectivity index (χ1) is 12.1. The highest BCUT2D eigenvalue weighted by Crippen LogP contribution is 2.24. The molecule has 1 atom stereocenters. The zero-order valence-electron chi connectivity index (χ0n) is 14.2. The molecule has 0 saturated heterocycles. The van der Waals surface area contributed by atoms with Gasteiger partial charge in [0, 0.05) is 11.8 Å². The van der Waals surface area contributed by atoms with Crippen LogP contribution in [0.25, 0.3) is 0 Å². The third kappa shape index (κ3) is 4.64. The Morgan fingerprint density at radius 2 is 1.76 bits per heavy atom. The summed E-state index contributed by atoms with van der Waals surface area (Å²) in [6, 6.07) is 19.9. The van der Waals surface area contributed by atoms with Crippen molar-refractivity contribution in [3.05, 3.63) is 78.3 Å². The van der Waals surface area contributed by atoms with E-state index in [0.717, 1.165) is 11.5 Å². The average molecular weight is 336 g/mol. The maximum absolute atomic E-state index is 12.2. The van der Waals surface area contributed by atoms with E-state index in [2.05, 4.69) is 10.6 Å². The molecule has 3 aromatic rings. The minimum Gasteiger partial charge on any atom is -0.464 e. The highest BCUT2D eigenvalue weighted by molar-refractivity contribution is 5.89. The molecular weight excluding hydrogens is 316 g/mol. The van der Waals surface area contributed by atoms with Gasteiger partial charge < -0.3 is 19.8 Å². The maximum Gasteiger partial charge on any atom is 0.319 e. The predicted octanol–water partition coefficient (Wildman–Crippen LogP) is 5.26. The Balaban J connectivity index is 1.60. The molecule has 0 spiro atoms. The van der Waals surface area contributed by atoms with E-state index in [1.807, 2.05) is 68.4 Å². The lowest BCUT2D eigenvalue weighted by Crippen LogP contribution is -2.30. The molecule has 2 amide bonds. The number of anilines is 1. The van der Waals surface area contributed by atoms with Crippen molar-refractivity contribution in [3.8, 4) is 11.5 Å². The zero-order valence-corrected chi connectivity index (χ0v) is 14.2. The number of benzene rings is 2. The minimum atomic E-state index is -0.307. The summed E-state index contributed by atoms with van der Waals surface area (Å²) in [6.45, 7) is 3.74. The Kier molecular flexibility index (Phi) is 5.04. The molecule has 1 aromatic heterocycles. The van der Waals surface area contributed by atoms with Gasteiger partial charge in [-0.2, -0.15) is 0 Å². The Morgan fingerprint density at radius 1 is 1.00 bits per heavy atom. The Morgan fingerprint density at radius 3 is 2.48 bits per heavy atom. The molecule has 0 radical (unpaired) electrons. The average Bonchev–Trinajstić information content (AvgIpc) is 3.02. The molecule has 5 nitrogen and oxygen atoms in total. The predicted molar refractivity (Wildman–Crippen MR) is 97.0 cm³/mol. The second-order valence-corrected chi connectivity index (χ2v) is 5.71. The first-order valence-electron chi connectivity index (χ1n) is 8.07. The van der Waals surface area contributed by atoms with Crippen molar-refractivity contribution in [1.82, 2.24) is 5.32 Å². The van der Waals surface area contributed by atoms with Crippen LogP contribution in [-0.4, -0.2) is 6.03 Å². The van der Waals surface area contributed by atoms with Gasteiger partial charge in [-0.15, -0.1) is 0 Å². The highest BCUT2D eigenvalue weighted by Gasteiger charge is 2.13. The van der Waals surface area contributed by atoms with Crippen LogP contribution in [0.4, 0.5) is 10.5 Å². The third-order valence-corrected chi connectivity index (χ3v) is 3.61. The number of carbonyl (C=O) groups excluding carboxylic acids is 1. The minimum absolute atomic E-state index is 0.225. The van der Waals surface area contributed by atoms with Gasteiger partial charge in [0.15, 0.2) is 0 Å². The van der Waals surface area contributed by atoms with Gasteiger partial charge in [0.05, 0.1) is 6.04 Å². The molecule has 0 aliphatic rings. The fourth-order valence-corrected chi connectivity index (χ4v) is 2.38. The molecule has 0 fully saturated rings. The van der Waals surface area contributed by atoms with Crippen LogP contribution in [0.3, 0.4) is 0 Å². The van der Waals surface area contributed by atoms with Crippen LogP contribution in [0.15, 0.2) is 71.1 Å². The van der Waals surface area contributed by atoms with Crippen LogP contribution in [0, 0.1) is 6.92 Å². The van der Waals surface area contributed by atoms with Gasteiger partial charge in [-0.3, -0.25) is 0 Å². The number of hydrogen-bond acceptors (Lipinski definition) is 3. The van der Waals surface area contributed by atoms with Crippen LogP contribution in [0.1, 0.15) is 24.5 Å². The molecule has 5 heteroatoms. The van der Waals surface area contributed by atoms with Crippen molar-refractivity contribution < 1.29 is 13.9 Å². The topological polar surface area (TPSA) is 63.5 Å². The molecule has 0 saturated carbocycles. The van der Waals surface area contributed by atoms with Crippen molar-refractivity contribution in [2.75, 3.05) is 5.32 Å². The lowest BCUT2D eigenvalue weighted by atomic mass is 10.2. The SMILES string of the molecule is Cc1ccc(C(C)NC(=O)Nc2cccc(Oc3ccccc3)c2)o1. The van der Waals surface area contributed by atoms with Crippen molar-refractivity contribution in [2.24, 2.45) is 0 Å². The molecular formula is C20H20N2O3. The van der Waals surface area contributed by atoms with Gasteiger partial charge in [-0.05, 0) is 50.2 Å². The number of urea groups is 1. The summed E-state index contributed by atoms with van der Waals surface area (Å²) in [5.74, 6) is 2.92. The summed E-state index contributed by atoms with van der Waals surface area (Å²) < 4.78 is 11.3. The van der Waals surface area contributed by atoms with Crippen LogP contribution < -0.4 is 15.4 Å². The van der Waals surface area contributed by atoms with E-state index in [1.54, 1.807) is 12.1 Å². The van der Waals surface area contributed by atoms with E-state index in [1.165, 1.54) is 0 Å². The van der Waals surface area contributed by atoms with Gasteiger partial charge in [-0.25, -0.2) is 4.79 Å². The van der Waals surface area contributed by atoms with Crippen LogP contribution >= 0.6 is 0 Å². The zero-order chi connectivity index (χ0) is 17.6. The summed E-state index contributed by atoms with van der Waals surface area (Å²) in [7, 11) is 0. The number of para-hydroxylation sites is 1. The second-order valence-electron chi connectivity index (χ2n) is 5.71. The quantitative estimate of drug-likeness (QED) is 0.668. The molecule has 0 bridgehead atoms. The number of rotatable bonds is 5. The molecule has 25 heavy (non-hydrogen) atoms. The monoisotopic (exact) mass is 336 g/mol. The first kappa shape index (κ1) is 16.6. The molecule has 0 aliphatic heterocycles. The van der Waals surface area contributed by atoms with Crippen molar-refractivity contribution >= 4 is 11.7 Å². The van der Waals surface area contributed by atoms with Gasteiger partial charge in [-0.1, -0.05) is 24.3 Å². The summed E-state index contributed by atoms with van der Waals surface area (Å²) in [6.07, 6.45) is 0. The van der Waals surface area contributed by atoms with E-state index >= 15 is 0 Å². The smallest absolute Gasteiger partial charge is 0.319 e. The van der Waals surface area contributed by atoms with Gasteiger partial charge in [0.2, 0.25) is 0 Å². The van der Waals surface area contributed by atoms with Gasteiger partial charge >= 0.3 is 6.03 Å². The molecule has 1 unspecified atom stereocenters. The lowest BCUT2D eigenvalue weighted by Gasteiger charge is -2.13. The number of carbonyl (C=O) groups is 1. The van der Waals surface area contributed by atoms with Gasteiger partial charge in [0.1, 0.15) is 23.0 Å². The molecule has 1 heterocycles. The molecule has 2 aromatic carbocycles. The van der Waals surface area contributed by atoms with Crippen LogP contribution in [0.5, 0.6) is 11.5 Å². The van der Waals surface area contributed by atoms with Crippen LogP contribution in [-0.2, 0) is 0 Å². The summed E-state index contributed by atoms with van der Waals surface area (Å²) >= 11 is 0. The fraction of sp³-hybridized carbons (Fsp3) is 0.150. The van der Waals surface area contributed by atoms with Crippen molar-refractivity contribution in [3.63, 3.8) is 0 Å². The van der Waals surface area contributed by atoms with Crippen molar-refractivity contribution in [2.45, 2.75) is 19.9 Å². The first-order valence-corrected chi connectivity index (χ1v) is 8.07. The number of ether oxygens (including phenoxy) is 1. The van der Waals surface area contributed by atoms with E-state index < -0.39 is 0 Å². The number of amides is 2. The van der Waals surface area contributed by atoms with E-state index in [0.29, 0.717) is 17.2 Å². The fourth-order valence-electron chi connectivity index (χ4n) is 2.38. The largest absolute Gasteiger partial charge is 0.464 e.